The normalized spacial score (nSPS) is 10.3. The van der Waals surface area contributed by atoms with Crippen molar-refractivity contribution in [1.82, 2.24) is 5.32 Å². The number of benzene rings is 2. The largest absolute Gasteiger partial charge is 0.493 e. The van der Waals surface area contributed by atoms with Crippen molar-refractivity contribution in [1.29, 1.82) is 0 Å². The average molecular weight is 352 g/mol. The molecule has 0 amide bonds. The van der Waals surface area contributed by atoms with E-state index in [4.69, 9.17) is 14.2 Å². The lowest BCUT2D eigenvalue weighted by molar-refractivity contribution is 0.345. The molecule has 0 spiro atoms. The molecule has 0 aromatic heterocycles. The fourth-order valence-corrected chi connectivity index (χ4v) is 2.33. The van der Waals surface area contributed by atoms with Gasteiger partial charge in [0.05, 0.1) is 14.2 Å². The van der Waals surface area contributed by atoms with Crippen molar-refractivity contribution in [3.05, 3.63) is 46.4 Å². The lowest BCUT2D eigenvalue weighted by Crippen LogP contribution is -2.06. The zero-order valence-corrected chi connectivity index (χ0v) is 13.9. The van der Waals surface area contributed by atoms with Gasteiger partial charge in [-0.25, -0.2) is 0 Å². The van der Waals surface area contributed by atoms with Gasteiger partial charge in [-0.15, -0.1) is 0 Å². The Labute approximate surface area is 133 Å². The summed E-state index contributed by atoms with van der Waals surface area (Å²) in [5, 5.41) is 3.13. The van der Waals surface area contributed by atoms with Crippen LogP contribution in [0, 0.1) is 0 Å². The summed E-state index contributed by atoms with van der Waals surface area (Å²) in [4.78, 5) is 0. The van der Waals surface area contributed by atoms with Crippen molar-refractivity contribution in [2.24, 2.45) is 0 Å². The van der Waals surface area contributed by atoms with E-state index in [-0.39, 0.29) is 0 Å². The van der Waals surface area contributed by atoms with Crippen LogP contribution in [0.25, 0.3) is 0 Å². The molecule has 0 fully saturated rings. The van der Waals surface area contributed by atoms with Crippen LogP contribution in [0.4, 0.5) is 0 Å². The topological polar surface area (TPSA) is 39.7 Å². The van der Waals surface area contributed by atoms with Crippen LogP contribution < -0.4 is 19.5 Å². The van der Waals surface area contributed by atoms with E-state index in [1.54, 1.807) is 14.2 Å². The summed E-state index contributed by atoms with van der Waals surface area (Å²) < 4.78 is 17.7. The summed E-state index contributed by atoms with van der Waals surface area (Å²) in [5.74, 6) is 2.58. The Bertz CT molecular complexity index is 594. The van der Waals surface area contributed by atoms with Gasteiger partial charge in [-0.2, -0.15) is 0 Å². The SMILES string of the molecule is CNCc1ccc(Br)cc1Oc1c(OC)cccc1OC. The number of ether oxygens (including phenoxy) is 3. The van der Waals surface area contributed by atoms with E-state index < -0.39 is 0 Å². The van der Waals surface area contributed by atoms with Crippen molar-refractivity contribution < 1.29 is 14.2 Å². The van der Waals surface area contributed by atoms with Crippen molar-refractivity contribution in [2.45, 2.75) is 6.54 Å². The van der Waals surface area contributed by atoms with E-state index in [0.717, 1.165) is 15.8 Å². The fourth-order valence-electron chi connectivity index (χ4n) is 1.99. The molecule has 2 aromatic carbocycles. The number of methoxy groups -OCH3 is 2. The number of rotatable bonds is 6. The second kappa shape index (κ2) is 7.33. The van der Waals surface area contributed by atoms with Crippen LogP contribution in [0.1, 0.15) is 5.56 Å². The Balaban J connectivity index is 2.44. The van der Waals surface area contributed by atoms with Gasteiger partial charge in [0.15, 0.2) is 11.5 Å². The molecule has 112 valence electrons. The maximum atomic E-state index is 6.07. The molecule has 0 heterocycles. The van der Waals surface area contributed by atoms with E-state index >= 15 is 0 Å². The lowest BCUT2D eigenvalue weighted by Gasteiger charge is -2.16. The molecule has 0 atom stereocenters. The second-order valence-corrected chi connectivity index (χ2v) is 5.29. The maximum absolute atomic E-state index is 6.07. The Morgan fingerprint density at radius 2 is 1.67 bits per heavy atom. The summed E-state index contributed by atoms with van der Waals surface area (Å²) in [7, 11) is 5.11. The van der Waals surface area contributed by atoms with Crippen molar-refractivity contribution >= 4 is 15.9 Å². The Morgan fingerprint density at radius 3 is 2.24 bits per heavy atom. The van der Waals surface area contributed by atoms with Crippen LogP contribution in [0.5, 0.6) is 23.0 Å². The standard InChI is InChI=1S/C16H18BrNO3/c1-18-10-11-7-8-12(17)9-15(11)21-16-13(19-2)5-4-6-14(16)20-3/h4-9,18H,10H2,1-3H3. The number of nitrogens with one attached hydrogen (secondary N) is 1. The molecule has 0 saturated carbocycles. The van der Waals surface area contributed by atoms with Gasteiger partial charge in [-0.05, 0) is 31.3 Å². The molecule has 2 aromatic rings. The molecule has 5 heteroatoms. The molecule has 21 heavy (non-hydrogen) atoms. The third-order valence-corrected chi connectivity index (χ3v) is 3.48. The van der Waals surface area contributed by atoms with Crippen LogP contribution in [0.3, 0.4) is 0 Å². The third-order valence-electron chi connectivity index (χ3n) is 2.99. The Hall–Kier alpha value is -1.72. The van der Waals surface area contributed by atoms with Gasteiger partial charge in [0, 0.05) is 16.6 Å². The van der Waals surface area contributed by atoms with Crippen LogP contribution in [0.15, 0.2) is 40.9 Å². The summed E-state index contributed by atoms with van der Waals surface area (Å²) in [5.41, 5.74) is 1.05. The van der Waals surface area contributed by atoms with Gasteiger partial charge < -0.3 is 19.5 Å². The molecular weight excluding hydrogens is 334 g/mol. The zero-order chi connectivity index (χ0) is 15.2. The maximum Gasteiger partial charge on any atom is 0.211 e. The molecular formula is C16H18BrNO3. The average Bonchev–Trinajstić information content (AvgIpc) is 2.50. The molecule has 0 unspecified atom stereocenters. The van der Waals surface area contributed by atoms with E-state index in [9.17, 15) is 0 Å². The summed E-state index contributed by atoms with van der Waals surface area (Å²) in [6.07, 6.45) is 0. The molecule has 0 saturated heterocycles. The number of halogens is 1. The highest BCUT2D eigenvalue weighted by molar-refractivity contribution is 9.10. The van der Waals surface area contributed by atoms with Crippen LogP contribution in [0.2, 0.25) is 0 Å². The smallest absolute Gasteiger partial charge is 0.211 e. The first-order valence-corrected chi connectivity index (χ1v) is 7.30. The highest BCUT2D eigenvalue weighted by Gasteiger charge is 2.14. The number of hydrogen-bond acceptors (Lipinski definition) is 4. The minimum atomic E-state index is 0.568. The van der Waals surface area contributed by atoms with Crippen LogP contribution >= 0.6 is 15.9 Å². The van der Waals surface area contributed by atoms with Gasteiger partial charge in [0.1, 0.15) is 5.75 Å². The van der Waals surface area contributed by atoms with Gasteiger partial charge in [0.2, 0.25) is 5.75 Å². The molecule has 0 aliphatic heterocycles. The van der Waals surface area contributed by atoms with Gasteiger partial charge in [0.25, 0.3) is 0 Å². The van der Waals surface area contributed by atoms with E-state index in [2.05, 4.69) is 21.2 Å². The van der Waals surface area contributed by atoms with Crippen molar-refractivity contribution in [3.63, 3.8) is 0 Å². The first kappa shape index (κ1) is 15.7. The van der Waals surface area contributed by atoms with Crippen LogP contribution in [-0.2, 0) is 6.54 Å². The van der Waals surface area contributed by atoms with Gasteiger partial charge in [-0.3, -0.25) is 0 Å². The van der Waals surface area contributed by atoms with Gasteiger partial charge in [-0.1, -0.05) is 28.1 Å². The zero-order valence-electron chi connectivity index (χ0n) is 12.3. The molecule has 0 radical (unpaired) electrons. The minimum absolute atomic E-state index is 0.568. The molecule has 1 N–H and O–H groups in total. The molecule has 0 aliphatic rings. The minimum Gasteiger partial charge on any atom is -0.493 e. The summed E-state index contributed by atoms with van der Waals surface area (Å²) in [6.45, 7) is 0.708. The summed E-state index contributed by atoms with van der Waals surface area (Å²) >= 11 is 3.47. The molecule has 2 rings (SSSR count). The quantitative estimate of drug-likeness (QED) is 0.854. The van der Waals surface area contributed by atoms with Crippen molar-refractivity contribution in [2.75, 3.05) is 21.3 Å². The first-order valence-electron chi connectivity index (χ1n) is 6.51. The predicted octanol–water partition coefficient (Wildman–Crippen LogP) is 3.98. The van der Waals surface area contributed by atoms with E-state index in [1.807, 2.05) is 43.4 Å². The number of hydrogen-bond donors (Lipinski definition) is 1. The summed E-state index contributed by atoms with van der Waals surface area (Å²) in [6, 6.07) is 11.5. The first-order chi connectivity index (χ1) is 10.2. The van der Waals surface area contributed by atoms with E-state index in [0.29, 0.717) is 23.8 Å². The highest BCUT2D eigenvalue weighted by Crippen LogP contribution is 2.41. The Morgan fingerprint density at radius 1 is 1.00 bits per heavy atom. The van der Waals surface area contributed by atoms with E-state index in [1.165, 1.54) is 0 Å². The second-order valence-electron chi connectivity index (χ2n) is 4.38. The monoisotopic (exact) mass is 351 g/mol. The Kier molecular flexibility index (Phi) is 5.47. The highest BCUT2D eigenvalue weighted by atomic mass is 79.9. The number of para-hydroxylation sites is 1. The third kappa shape index (κ3) is 3.68. The fraction of sp³-hybridized carbons (Fsp3) is 0.250. The predicted molar refractivity (Wildman–Crippen MR) is 86.5 cm³/mol. The van der Waals surface area contributed by atoms with Crippen molar-refractivity contribution in [3.8, 4) is 23.0 Å². The molecule has 0 bridgehead atoms. The molecule has 4 nitrogen and oxygen atoms in total. The van der Waals surface area contributed by atoms with Gasteiger partial charge >= 0.3 is 0 Å². The molecule has 0 aliphatic carbocycles. The van der Waals surface area contributed by atoms with Crippen LogP contribution in [-0.4, -0.2) is 21.3 Å². The lowest BCUT2D eigenvalue weighted by atomic mass is 10.2.